The molecular formula is C58H94O26. The van der Waals surface area contributed by atoms with Gasteiger partial charge in [0.05, 0.1) is 50.7 Å². The Morgan fingerprint density at radius 2 is 1.17 bits per heavy atom. The summed E-state index contributed by atoms with van der Waals surface area (Å²) in [5.74, 6) is -0.736. The van der Waals surface area contributed by atoms with Crippen LogP contribution in [0.15, 0.2) is 11.6 Å². The third-order valence-electron chi connectivity index (χ3n) is 22.9. The molecule has 26 heteroatoms. The molecule has 5 saturated heterocycles. The number of allylic oxidation sites excluding steroid dienone is 2. The molecule has 5 aliphatic carbocycles. The van der Waals surface area contributed by atoms with Crippen LogP contribution in [0.1, 0.15) is 113 Å². The normalized spacial score (nSPS) is 54.9. The second-order valence-corrected chi connectivity index (χ2v) is 28.0. The van der Waals surface area contributed by atoms with E-state index in [1.54, 1.807) is 0 Å². The van der Waals surface area contributed by atoms with Crippen molar-refractivity contribution < 1.29 is 129 Å². The van der Waals surface area contributed by atoms with Gasteiger partial charge in [-0.2, -0.15) is 0 Å². The third kappa shape index (κ3) is 10.8. The summed E-state index contributed by atoms with van der Waals surface area (Å²) in [7, 11) is 0. The van der Waals surface area contributed by atoms with E-state index in [9.17, 15) is 81.4 Å². The molecule has 0 amide bonds. The Morgan fingerprint density at radius 3 is 1.85 bits per heavy atom. The van der Waals surface area contributed by atoms with E-state index in [1.807, 2.05) is 6.92 Å². The van der Waals surface area contributed by atoms with Gasteiger partial charge in [-0.1, -0.05) is 53.2 Å². The summed E-state index contributed by atoms with van der Waals surface area (Å²) >= 11 is 0. The van der Waals surface area contributed by atoms with E-state index in [1.165, 1.54) is 12.5 Å². The zero-order valence-electron chi connectivity index (χ0n) is 49.0. The van der Waals surface area contributed by atoms with Gasteiger partial charge in [-0.15, -0.1) is 0 Å². The predicted octanol–water partition coefficient (Wildman–Crippen LogP) is -2.37. The van der Waals surface area contributed by atoms with Gasteiger partial charge >= 0.3 is 5.97 Å². The average molecular weight is 1210 g/mol. The largest absolute Gasteiger partial charge is 0.481 e. The van der Waals surface area contributed by atoms with E-state index in [0.717, 1.165) is 32.1 Å². The Morgan fingerprint density at radius 1 is 0.560 bits per heavy atom. The van der Waals surface area contributed by atoms with Crippen molar-refractivity contribution in [1.82, 2.24) is 0 Å². The third-order valence-corrected chi connectivity index (χ3v) is 22.9. The van der Waals surface area contributed by atoms with Crippen LogP contribution >= 0.6 is 0 Å². The summed E-state index contributed by atoms with van der Waals surface area (Å²) in [5, 5.41) is 164. The number of carboxylic acids is 1. The van der Waals surface area contributed by atoms with Crippen molar-refractivity contribution in [3.8, 4) is 0 Å². The predicted molar refractivity (Wildman–Crippen MR) is 284 cm³/mol. The molecule has 0 unspecified atom stereocenters. The van der Waals surface area contributed by atoms with Crippen molar-refractivity contribution in [2.45, 2.75) is 260 Å². The van der Waals surface area contributed by atoms with Crippen LogP contribution in [0.3, 0.4) is 0 Å². The lowest BCUT2D eigenvalue weighted by molar-refractivity contribution is -0.393. The van der Waals surface area contributed by atoms with Crippen LogP contribution in [0.5, 0.6) is 0 Å². The van der Waals surface area contributed by atoms with E-state index in [0.29, 0.717) is 32.1 Å². The lowest BCUT2D eigenvalue weighted by atomic mass is 9.33. The molecule has 15 N–H and O–H groups in total. The van der Waals surface area contributed by atoms with Crippen LogP contribution in [0.4, 0.5) is 0 Å². The molecule has 84 heavy (non-hydrogen) atoms. The number of ether oxygens (including phenoxy) is 10. The summed E-state index contributed by atoms with van der Waals surface area (Å²) in [6.45, 7) is 12.0. The van der Waals surface area contributed by atoms with Gasteiger partial charge < -0.3 is 124 Å². The smallest absolute Gasteiger partial charge is 0.310 e. The minimum absolute atomic E-state index is 0.00114. The number of fused-ring (bicyclic) bond motifs is 7. The topological polar surface area (TPSA) is 413 Å². The monoisotopic (exact) mass is 1210 g/mol. The first-order valence-corrected chi connectivity index (χ1v) is 30.2. The summed E-state index contributed by atoms with van der Waals surface area (Å²) in [4.78, 5) is 13.3. The Bertz CT molecular complexity index is 2330. The minimum atomic E-state index is -2.02. The second-order valence-electron chi connectivity index (χ2n) is 28.0. The number of aliphatic hydroxyl groups is 14. The zero-order chi connectivity index (χ0) is 61.1. The van der Waals surface area contributed by atoms with Crippen molar-refractivity contribution >= 4 is 5.97 Å². The van der Waals surface area contributed by atoms with Crippen LogP contribution in [0, 0.1) is 50.2 Å². The Hall–Kier alpha value is -1.75. The molecule has 0 aromatic rings. The maximum Gasteiger partial charge on any atom is 0.310 e. The van der Waals surface area contributed by atoms with Gasteiger partial charge in [0.25, 0.3) is 0 Å². The van der Waals surface area contributed by atoms with Crippen molar-refractivity contribution in [3.05, 3.63) is 11.6 Å². The molecule has 10 rings (SSSR count). The number of aliphatic carboxylic acids is 1. The van der Waals surface area contributed by atoms with Crippen LogP contribution in [0.2, 0.25) is 0 Å². The van der Waals surface area contributed by atoms with Gasteiger partial charge in [0.1, 0.15) is 104 Å². The fourth-order valence-electron chi connectivity index (χ4n) is 17.5. The quantitative estimate of drug-likeness (QED) is 0.0639. The van der Waals surface area contributed by atoms with Gasteiger partial charge in [0, 0.05) is 5.41 Å². The van der Waals surface area contributed by atoms with Crippen LogP contribution in [-0.2, 0) is 52.2 Å². The summed E-state index contributed by atoms with van der Waals surface area (Å²) in [6.07, 6.45) is -30.4. The van der Waals surface area contributed by atoms with E-state index >= 15 is 0 Å². The second kappa shape index (κ2) is 24.1. The first-order valence-electron chi connectivity index (χ1n) is 30.2. The molecule has 0 bridgehead atoms. The maximum atomic E-state index is 13.3. The van der Waals surface area contributed by atoms with E-state index < -0.39 is 191 Å². The number of carbonyl (C=O) groups is 1. The van der Waals surface area contributed by atoms with E-state index in [-0.39, 0.29) is 46.0 Å². The molecule has 0 radical (unpaired) electrons. The Balaban J connectivity index is 0.904. The molecule has 482 valence electrons. The fraction of sp³-hybridized carbons (Fsp3) is 0.948. The van der Waals surface area contributed by atoms with Gasteiger partial charge in [0.2, 0.25) is 0 Å². The molecule has 4 saturated carbocycles. The van der Waals surface area contributed by atoms with Gasteiger partial charge in [-0.05, 0) is 111 Å². The minimum Gasteiger partial charge on any atom is -0.481 e. The fourth-order valence-corrected chi connectivity index (χ4v) is 17.5. The summed E-state index contributed by atoms with van der Waals surface area (Å²) in [5.41, 5.74) is -1.26. The van der Waals surface area contributed by atoms with Crippen molar-refractivity contribution in [3.63, 3.8) is 0 Å². The van der Waals surface area contributed by atoms with Crippen molar-refractivity contribution in [1.29, 1.82) is 0 Å². The molecule has 32 atom stereocenters. The lowest BCUT2D eigenvalue weighted by Gasteiger charge is -2.71. The zero-order valence-corrected chi connectivity index (χ0v) is 49.0. The highest BCUT2D eigenvalue weighted by atomic mass is 16.8. The average Bonchev–Trinajstić information content (AvgIpc) is 0.689. The molecule has 0 aromatic heterocycles. The first-order chi connectivity index (χ1) is 39.4. The van der Waals surface area contributed by atoms with Crippen molar-refractivity contribution in [2.75, 3.05) is 33.0 Å². The highest BCUT2D eigenvalue weighted by molar-refractivity contribution is 5.76. The number of hydrogen-bond acceptors (Lipinski definition) is 25. The highest BCUT2D eigenvalue weighted by Crippen LogP contribution is 2.76. The van der Waals surface area contributed by atoms with E-state index in [4.69, 9.17) is 47.4 Å². The van der Waals surface area contributed by atoms with E-state index in [2.05, 4.69) is 40.7 Å². The first kappa shape index (κ1) is 65.2. The number of carboxylic acid groups (broad SMARTS) is 1. The van der Waals surface area contributed by atoms with Crippen LogP contribution in [0.25, 0.3) is 0 Å². The lowest BCUT2D eigenvalue weighted by Crippen LogP contribution is -2.67. The van der Waals surface area contributed by atoms with Crippen LogP contribution in [-0.4, -0.2) is 263 Å². The SMILES string of the molecule is C[C@@H]1O[C@@H](O[C@H]2[C@H](O[C@H]3CC[C@@]4(C)[C@@H](CC[C@]5(C)[C@@H]4CC=C4[C@@H]6CC(C)(C)CC[C@]6(C(=O)O)CC[C@]45C)[C@]3(C)CO)OC[C@H](O[C@@H]3O[C@H](CO)[C@@H](O[C@@H]4O[C@H](CO)[C@@H](O)[C@H](O)[C@H]4O)[C@H](O)[C@H]3O)[C@@H]2O)[C@H](O)[C@H](O[C@@H]2OC[C@@H](O)[C@H](O)[C@H]2O)[C@H]1O. The maximum absolute atomic E-state index is 13.3. The molecular weight excluding hydrogens is 1110 g/mol. The van der Waals surface area contributed by atoms with Crippen molar-refractivity contribution in [2.24, 2.45) is 50.2 Å². The summed E-state index contributed by atoms with van der Waals surface area (Å²) in [6, 6.07) is 0. The number of rotatable bonds is 14. The Labute approximate surface area is 488 Å². The molecule has 9 fully saturated rings. The van der Waals surface area contributed by atoms with Crippen LogP contribution < -0.4 is 0 Å². The highest BCUT2D eigenvalue weighted by Gasteiger charge is 2.70. The molecule has 0 spiro atoms. The molecule has 26 nitrogen and oxygen atoms in total. The van der Waals surface area contributed by atoms with Gasteiger partial charge in [-0.25, -0.2) is 0 Å². The standard InChI is InChI=1S/C58H94O26/c1-24-34(63)45(83-47-40(69)35(64)27(62)21-75-47)43(72)50(77-24)84-46-37(66)30(80-48-42(71)39(68)44(29(20-60)79-48)82-49-41(70)38(67)36(65)28(19-59)78-49)22-76-51(46)81-33-11-12-54(4)31(55(33,5)23-61)10-13-57(7)32(54)9-8-25-26-18-53(2,3)14-16-58(26,52(73)74)17-15-56(25,57)6/h8,24,26-51,59-72H,9-23H2,1-7H3,(H,73,74)/t24-,26-,27+,28+,29+,30-,31+,32+,33-,34-,35-,36+,37-,38-,39+,40+,41+,42+,43+,44+,45+,46+,47-,48-,49-,50-,51-,54-,55-,56+,57+,58-/m0/s1. The molecule has 0 aromatic carbocycles. The molecule has 5 aliphatic heterocycles. The molecule has 5 heterocycles. The van der Waals surface area contributed by atoms with Gasteiger partial charge in [-0.3, -0.25) is 4.79 Å². The number of aliphatic hydroxyl groups excluding tert-OH is 14. The number of hydrogen-bond donors (Lipinski definition) is 15. The summed E-state index contributed by atoms with van der Waals surface area (Å²) < 4.78 is 60.3. The molecule has 10 aliphatic rings. The van der Waals surface area contributed by atoms with Gasteiger partial charge in [0.15, 0.2) is 31.5 Å². The Kier molecular flexibility index (Phi) is 18.7.